The van der Waals surface area contributed by atoms with Crippen LogP contribution in [0.3, 0.4) is 0 Å². The Balaban J connectivity index is 1.67. The highest BCUT2D eigenvalue weighted by molar-refractivity contribution is 5.20. The van der Waals surface area contributed by atoms with Crippen LogP contribution in [0.15, 0.2) is 23.5 Å². The Labute approximate surface area is 123 Å². The van der Waals surface area contributed by atoms with E-state index in [9.17, 15) is 4.79 Å². The van der Waals surface area contributed by atoms with E-state index in [-0.39, 0.29) is 5.56 Å². The number of rotatable bonds is 5. The van der Waals surface area contributed by atoms with Crippen molar-refractivity contribution in [2.45, 2.75) is 39.4 Å². The summed E-state index contributed by atoms with van der Waals surface area (Å²) in [6.07, 6.45) is 5.10. The molecule has 0 atom stereocenters. The third kappa shape index (κ3) is 3.18. The Morgan fingerprint density at radius 2 is 2.19 bits per heavy atom. The van der Waals surface area contributed by atoms with E-state index in [4.69, 9.17) is 0 Å². The van der Waals surface area contributed by atoms with Crippen molar-refractivity contribution in [2.24, 2.45) is 0 Å². The smallest absolute Gasteiger partial charge is 0.267 e. The predicted molar refractivity (Wildman–Crippen MR) is 77.8 cm³/mol. The van der Waals surface area contributed by atoms with Crippen LogP contribution in [0.1, 0.15) is 24.6 Å². The van der Waals surface area contributed by atoms with E-state index in [1.54, 1.807) is 23.4 Å². The second-order valence-electron chi connectivity index (χ2n) is 5.36. The normalized spacial score (nSPS) is 15.1. The van der Waals surface area contributed by atoms with Gasteiger partial charge in [0.2, 0.25) is 0 Å². The summed E-state index contributed by atoms with van der Waals surface area (Å²) in [6.45, 7) is 6.23. The van der Waals surface area contributed by atoms with Crippen molar-refractivity contribution in [2.75, 3.05) is 13.1 Å². The second-order valence-corrected chi connectivity index (χ2v) is 5.36. The van der Waals surface area contributed by atoms with E-state index in [1.165, 1.54) is 0 Å². The molecule has 0 N–H and O–H groups in total. The van der Waals surface area contributed by atoms with Gasteiger partial charge in [0, 0.05) is 38.7 Å². The van der Waals surface area contributed by atoms with Crippen LogP contribution in [0.2, 0.25) is 0 Å². The standard InChI is InChI=1S/C14H20N6O/c1-2-4-20-14(21)8-12-9-18(5-3-13(12)17-20)6-7-19-11-15-10-16-19/h8,10-11H,2-7,9H2,1H3. The molecule has 0 spiro atoms. The summed E-state index contributed by atoms with van der Waals surface area (Å²) in [5.41, 5.74) is 2.14. The molecule has 0 fully saturated rings. The highest BCUT2D eigenvalue weighted by Crippen LogP contribution is 2.14. The van der Waals surface area contributed by atoms with Gasteiger partial charge in [0.05, 0.1) is 12.2 Å². The molecule has 1 aliphatic heterocycles. The van der Waals surface area contributed by atoms with E-state index in [0.717, 1.165) is 50.3 Å². The van der Waals surface area contributed by atoms with Crippen LogP contribution in [0.5, 0.6) is 0 Å². The summed E-state index contributed by atoms with van der Waals surface area (Å²) in [6, 6.07) is 1.75. The minimum absolute atomic E-state index is 0.00808. The first kappa shape index (κ1) is 13.9. The Morgan fingerprint density at radius 1 is 1.29 bits per heavy atom. The van der Waals surface area contributed by atoms with Crippen LogP contribution in [0.25, 0.3) is 0 Å². The van der Waals surface area contributed by atoms with Crippen molar-refractivity contribution >= 4 is 0 Å². The van der Waals surface area contributed by atoms with E-state index in [2.05, 4.69) is 27.0 Å². The predicted octanol–water partition coefficient (Wildman–Crippen LogP) is 0.303. The van der Waals surface area contributed by atoms with E-state index in [1.807, 2.05) is 4.68 Å². The minimum Gasteiger partial charge on any atom is -0.297 e. The molecule has 1 aliphatic rings. The summed E-state index contributed by atoms with van der Waals surface area (Å²) in [5, 5.41) is 8.60. The highest BCUT2D eigenvalue weighted by Gasteiger charge is 2.18. The van der Waals surface area contributed by atoms with Gasteiger partial charge in [-0.25, -0.2) is 9.67 Å². The summed E-state index contributed by atoms with van der Waals surface area (Å²) < 4.78 is 3.41. The molecular weight excluding hydrogens is 268 g/mol. The first-order valence-corrected chi connectivity index (χ1v) is 7.41. The van der Waals surface area contributed by atoms with Crippen molar-refractivity contribution < 1.29 is 0 Å². The fourth-order valence-electron chi connectivity index (χ4n) is 2.65. The van der Waals surface area contributed by atoms with E-state index < -0.39 is 0 Å². The molecule has 0 saturated carbocycles. The topological polar surface area (TPSA) is 68.8 Å². The summed E-state index contributed by atoms with van der Waals surface area (Å²) in [4.78, 5) is 18.3. The van der Waals surface area contributed by atoms with Gasteiger partial charge in [-0.05, 0) is 12.0 Å². The van der Waals surface area contributed by atoms with Gasteiger partial charge in [0.15, 0.2) is 0 Å². The molecule has 3 rings (SSSR count). The van der Waals surface area contributed by atoms with Gasteiger partial charge in [-0.3, -0.25) is 14.4 Å². The number of nitrogens with zero attached hydrogens (tertiary/aromatic N) is 6. The van der Waals surface area contributed by atoms with Gasteiger partial charge >= 0.3 is 0 Å². The average Bonchev–Trinajstić information content (AvgIpc) is 2.99. The number of aryl methyl sites for hydroxylation is 1. The van der Waals surface area contributed by atoms with Crippen molar-refractivity contribution in [1.29, 1.82) is 0 Å². The Kier molecular flexibility index (Phi) is 4.10. The van der Waals surface area contributed by atoms with Crippen molar-refractivity contribution in [3.05, 3.63) is 40.3 Å². The number of fused-ring (bicyclic) bond motifs is 1. The molecular formula is C14H20N6O. The van der Waals surface area contributed by atoms with Crippen molar-refractivity contribution in [3.63, 3.8) is 0 Å². The van der Waals surface area contributed by atoms with E-state index >= 15 is 0 Å². The van der Waals surface area contributed by atoms with Crippen LogP contribution in [0, 0.1) is 0 Å². The molecule has 0 radical (unpaired) electrons. The monoisotopic (exact) mass is 288 g/mol. The van der Waals surface area contributed by atoms with Crippen molar-refractivity contribution in [1.82, 2.24) is 29.4 Å². The van der Waals surface area contributed by atoms with Crippen molar-refractivity contribution in [3.8, 4) is 0 Å². The fraction of sp³-hybridized carbons (Fsp3) is 0.571. The zero-order valence-electron chi connectivity index (χ0n) is 12.3. The first-order valence-electron chi connectivity index (χ1n) is 7.41. The number of aromatic nitrogens is 5. The van der Waals surface area contributed by atoms with Crippen LogP contribution < -0.4 is 5.56 Å². The van der Waals surface area contributed by atoms with E-state index in [0.29, 0.717) is 6.54 Å². The summed E-state index contributed by atoms with van der Waals surface area (Å²) in [7, 11) is 0. The SMILES string of the molecule is CCCn1nc2c(cc1=O)CN(CCn1cncn1)CC2. The maximum atomic E-state index is 12.0. The Morgan fingerprint density at radius 3 is 2.95 bits per heavy atom. The van der Waals surface area contributed by atoms with Crippen LogP contribution in [-0.2, 0) is 26.1 Å². The lowest BCUT2D eigenvalue weighted by Gasteiger charge is -2.28. The first-order chi connectivity index (χ1) is 10.3. The molecule has 7 heteroatoms. The van der Waals surface area contributed by atoms with Gasteiger partial charge in [0.1, 0.15) is 12.7 Å². The quantitative estimate of drug-likeness (QED) is 0.791. The minimum atomic E-state index is 0.00808. The molecule has 0 aromatic carbocycles. The van der Waals surface area contributed by atoms with Gasteiger partial charge in [-0.15, -0.1) is 0 Å². The second kappa shape index (κ2) is 6.17. The number of hydrogen-bond acceptors (Lipinski definition) is 5. The fourth-order valence-corrected chi connectivity index (χ4v) is 2.65. The highest BCUT2D eigenvalue weighted by atomic mass is 16.1. The molecule has 0 aliphatic carbocycles. The van der Waals surface area contributed by atoms with Crippen LogP contribution >= 0.6 is 0 Å². The molecule has 0 saturated heterocycles. The number of hydrogen-bond donors (Lipinski definition) is 0. The van der Waals surface area contributed by atoms with Gasteiger partial charge < -0.3 is 0 Å². The zero-order chi connectivity index (χ0) is 14.7. The third-order valence-corrected chi connectivity index (χ3v) is 3.77. The van der Waals surface area contributed by atoms with Gasteiger partial charge in [0.25, 0.3) is 5.56 Å². The molecule has 2 aromatic rings. The molecule has 112 valence electrons. The zero-order valence-corrected chi connectivity index (χ0v) is 12.3. The Bertz CT molecular complexity index is 648. The summed E-state index contributed by atoms with van der Waals surface area (Å²) >= 11 is 0. The lowest BCUT2D eigenvalue weighted by molar-refractivity contribution is 0.236. The molecule has 3 heterocycles. The average molecular weight is 288 g/mol. The molecule has 7 nitrogen and oxygen atoms in total. The third-order valence-electron chi connectivity index (χ3n) is 3.77. The van der Waals surface area contributed by atoms with Gasteiger partial charge in [-0.2, -0.15) is 10.2 Å². The Hall–Kier alpha value is -2.02. The molecule has 21 heavy (non-hydrogen) atoms. The molecule has 2 aromatic heterocycles. The maximum Gasteiger partial charge on any atom is 0.267 e. The maximum absolute atomic E-state index is 12.0. The lowest BCUT2D eigenvalue weighted by atomic mass is 10.1. The molecule has 0 amide bonds. The summed E-state index contributed by atoms with van der Waals surface area (Å²) in [5.74, 6) is 0. The molecule has 0 bridgehead atoms. The van der Waals surface area contributed by atoms with Crippen LogP contribution in [-0.4, -0.2) is 42.5 Å². The van der Waals surface area contributed by atoms with Gasteiger partial charge in [-0.1, -0.05) is 6.92 Å². The largest absolute Gasteiger partial charge is 0.297 e. The molecule has 0 unspecified atom stereocenters. The lowest BCUT2D eigenvalue weighted by Crippen LogP contribution is -2.36. The van der Waals surface area contributed by atoms with Crippen LogP contribution in [0.4, 0.5) is 0 Å².